The molecule has 0 aromatic rings. The lowest BCUT2D eigenvalue weighted by Gasteiger charge is -2.22. The minimum absolute atomic E-state index is 0.305. The van der Waals surface area contributed by atoms with Crippen molar-refractivity contribution in [2.75, 3.05) is 13.1 Å². The molecule has 13 heavy (non-hydrogen) atoms. The number of carbonyl (C=O) groups excluding carboxylic acids is 1. The molecular formula is C11H17NO. The molecule has 2 rings (SSSR count). The Morgan fingerprint density at radius 2 is 2.15 bits per heavy atom. The predicted molar refractivity (Wildman–Crippen MR) is 52.3 cm³/mol. The normalized spacial score (nSPS) is 26.8. The lowest BCUT2D eigenvalue weighted by Crippen LogP contribution is -2.21. The molecule has 1 saturated heterocycles. The first-order valence-electron chi connectivity index (χ1n) is 5.05. The van der Waals surface area contributed by atoms with Crippen molar-refractivity contribution in [3.05, 3.63) is 11.8 Å². The summed E-state index contributed by atoms with van der Waals surface area (Å²) >= 11 is 0. The summed E-state index contributed by atoms with van der Waals surface area (Å²) in [5.41, 5.74) is 1.71. The van der Waals surface area contributed by atoms with Gasteiger partial charge in [-0.2, -0.15) is 0 Å². The summed E-state index contributed by atoms with van der Waals surface area (Å²) in [5, 5.41) is 0. The number of allylic oxidation sites excluding steroid dienone is 2. The number of likely N-dealkylation sites (tertiary alicyclic amines) is 1. The van der Waals surface area contributed by atoms with Crippen LogP contribution >= 0.6 is 0 Å². The summed E-state index contributed by atoms with van der Waals surface area (Å²) in [6, 6.07) is 0. The second-order valence-corrected chi connectivity index (χ2v) is 4.94. The molecule has 1 aliphatic heterocycles. The summed E-state index contributed by atoms with van der Waals surface area (Å²) < 4.78 is 0. The second-order valence-electron chi connectivity index (χ2n) is 4.94. The van der Waals surface area contributed by atoms with Crippen LogP contribution in [-0.4, -0.2) is 23.8 Å². The third kappa shape index (κ3) is 1.77. The molecule has 0 unspecified atom stereocenters. The summed E-state index contributed by atoms with van der Waals surface area (Å²) in [5.74, 6) is 0.305. The maximum absolute atomic E-state index is 11.1. The highest BCUT2D eigenvalue weighted by Gasteiger charge is 2.31. The maximum atomic E-state index is 11.1. The molecule has 0 bridgehead atoms. The van der Waals surface area contributed by atoms with Gasteiger partial charge in [-0.15, -0.1) is 0 Å². The van der Waals surface area contributed by atoms with E-state index in [0.29, 0.717) is 11.2 Å². The van der Waals surface area contributed by atoms with Crippen LogP contribution in [0.3, 0.4) is 0 Å². The molecule has 1 fully saturated rings. The van der Waals surface area contributed by atoms with Gasteiger partial charge in [0.05, 0.1) is 0 Å². The fourth-order valence-corrected chi connectivity index (χ4v) is 2.19. The molecule has 0 spiro atoms. The van der Waals surface area contributed by atoms with E-state index in [4.69, 9.17) is 0 Å². The molecule has 1 aliphatic carbocycles. The summed E-state index contributed by atoms with van der Waals surface area (Å²) in [7, 11) is 0. The molecule has 0 amide bonds. The van der Waals surface area contributed by atoms with Crippen molar-refractivity contribution in [3.8, 4) is 0 Å². The number of carbonyl (C=O) groups is 1. The van der Waals surface area contributed by atoms with Crippen molar-refractivity contribution >= 4 is 5.78 Å². The Labute approximate surface area is 79.6 Å². The molecule has 2 aliphatic rings. The first-order chi connectivity index (χ1) is 6.07. The third-order valence-electron chi connectivity index (χ3n) is 3.04. The van der Waals surface area contributed by atoms with Crippen LogP contribution in [0.4, 0.5) is 0 Å². The molecule has 0 radical (unpaired) electrons. The van der Waals surface area contributed by atoms with Gasteiger partial charge in [0.15, 0.2) is 5.78 Å². The van der Waals surface area contributed by atoms with E-state index >= 15 is 0 Å². The quantitative estimate of drug-likeness (QED) is 0.613. The lowest BCUT2D eigenvalue weighted by molar-refractivity contribution is -0.114. The standard InChI is InChI=1S/C11H17NO/c1-11(2)5-6-12(8-11)9-3-4-10(13)7-9/h7H,3-6,8H2,1-2H3. The molecule has 0 aromatic heterocycles. The van der Waals surface area contributed by atoms with E-state index in [1.165, 1.54) is 12.1 Å². The number of hydrogen-bond donors (Lipinski definition) is 0. The molecular weight excluding hydrogens is 162 g/mol. The zero-order valence-corrected chi connectivity index (χ0v) is 8.47. The van der Waals surface area contributed by atoms with E-state index in [9.17, 15) is 4.79 Å². The summed E-state index contributed by atoms with van der Waals surface area (Å²) in [4.78, 5) is 13.4. The fourth-order valence-electron chi connectivity index (χ4n) is 2.19. The van der Waals surface area contributed by atoms with Gasteiger partial charge in [0.2, 0.25) is 0 Å². The van der Waals surface area contributed by atoms with E-state index in [0.717, 1.165) is 25.9 Å². The van der Waals surface area contributed by atoms with Gasteiger partial charge in [0, 0.05) is 31.3 Å². The summed E-state index contributed by atoms with van der Waals surface area (Å²) in [6.45, 7) is 6.84. The van der Waals surface area contributed by atoms with Gasteiger partial charge < -0.3 is 4.90 Å². The molecule has 2 heteroatoms. The van der Waals surface area contributed by atoms with Crippen LogP contribution in [0.25, 0.3) is 0 Å². The van der Waals surface area contributed by atoms with Crippen molar-refractivity contribution in [1.82, 2.24) is 4.90 Å². The summed E-state index contributed by atoms with van der Waals surface area (Å²) in [6.07, 6.45) is 4.78. The average Bonchev–Trinajstić information content (AvgIpc) is 2.56. The van der Waals surface area contributed by atoms with Crippen LogP contribution in [0.15, 0.2) is 11.8 Å². The Bertz CT molecular complexity index is 265. The highest BCUT2D eigenvalue weighted by Crippen LogP contribution is 2.33. The minimum atomic E-state index is 0.305. The van der Waals surface area contributed by atoms with Gasteiger partial charge in [-0.25, -0.2) is 0 Å². The number of ketones is 1. The van der Waals surface area contributed by atoms with Crippen LogP contribution in [0, 0.1) is 5.41 Å². The van der Waals surface area contributed by atoms with Crippen molar-refractivity contribution in [3.63, 3.8) is 0 Å². The van der Waals surface area contributed by atoms with E-state index in [1.807, 2.05) is 6.08 Å². The highest BCUT2D eigenvalue weighted by molar-refractivity contribution is 5.92. The van der Waals surface area contributed by atoms with Crippen LogP contribution in [-0.2, 0) is 4.79 Å². The molecule has 0 aromatic carbocycles. The molecule has 2 nitrogen and oxygen atoms in total. The zero-order chi connectivity index (χ0) is 9.47. The maximum Gasteiger partial charge on any atom is 0.157 e. The highest BCUT2D eigenvalue weighted by atomic mass is 16.1. The van der Waals surface area contributed by atoms with E-state index < -0.39 is 0 Å². The number of nitrogens with zero attached hydrogens (tertiary/aromatic N) is 1. The van der Waals surface area contributed by atoms with Crippen molar-refractivity contribution in [1.29, 1.82) is 0 Å². The van der Waals surface area contributed by atoms with Gasteiger partial charge in [-0.1, -0.05) is 13.8 Å². The Balaban J connectivity index is 2.04. The van der Waals surface area contributed by atoms with Gasteiger partial charge >= 0.3 is 0 Å². The van der Waals surface area contributed by atoms with Crippen LogP contribution < -0.4 is 0 Å². The Morgan fingerprint density at radius 3 is 2.62 bits per heavy atom. The third-order valence-corrected chi connectivity index (χ3v) is 3.04. The number of rotatable bonds is 1. The average molecular weight is 179 g/mol. The zero-order valence-electron chi connectivity index (χ0n) is 8.47. The first kappa shape index (κ1) is 8.79. The van der Waals surface area contributed by atoms with Gasteiger partial charge in [0.1, 0.15) is 0 Å². The lowest BCUT2D eigenvalue weighted by atomic mass is 9.93. The fraction of sp³-hybridized carbons (Fsp3) is 0.727. The second kappa shape index (κ2) is 2.86. The predicted octanol–water partition coefficient (Wildman–Crippen LogP) is 1.97. The number of hydrogen-bond acceptors (Lipinski definition) is 2. The van der Waals surface area contributed by atoms with Crippen LogP contribution in [0.5, 0.6) is 0 Å². The smallest absolute Gasteiger partial charge is 0.157 e. The molecule has 0 atom stereocenters. The van der Waals surface area contributed by atoms with Gasteiger partial charge in [-0.3, -0.25) is 4.79 Å². The van der Waals surface area contributed by atoms with E-state index in [2.05, 4.69) is 18.7 Å². The Morgan fingerprint density at radius 1 is 1.38 bits per heavy atom. The van der Waals surface area contributed by atoms with Crippen molar-refractivity contribution in [2.45, 2.75) is 33.1 Å². The van der Waals surface area contributed by atoms with Gasteiger partial charge in [-0.05, 0) is 18.3 Å². The van der Waals surface area contributed by atoms with Crippen molar-refractivity contribution in [2.24, 2.45) is 5.41 Å². The molecule has 0 N–H and O–H groups in total. The topological polar surface area (TPSA) is 20.3 Å². The minimum Gasteiger partial charge on any atom is -0.374 e. The van der Waals surface area contributed by atoms with E-state index in [-0.39, 0.29) is 0 Å². The van der Waals surface area contributed by atoms with Gasteiger partial charge in [0.25, 0.3) is 0 Å². The van der Waals surface area contributed by atoms with Crippen LogP contribution in [0.2, 0.25) is 0 Å². The first-order valence-corrected chi connectivity index (χ1v) is 5.05. The van der Waals surface area contributed by atoms with E-state index in [1.54, 1.807) is 0 Å². The monoisotopic (exact) mass is 179 g/mol. The van der Waals surface area contributed by atoms with Crippen LogP contribution in [0.1, 0.15) is 33.1 Å². The Hall–Kier alpha value is -0.790. The molecule has 0 saturated carbocycles. The van der Waals surface area contributed by atoms with Crippen molar-refractivity contribution < 1.29 is 4.79 Å². The largest absolute Gasteiger partial charge is 0.374 e. The Kier molecular flexibility index (Phi) is 1.94. The molecule has 72 valence electrons. The SMILES string of the molecule is CC1(C)CCN(C2=CC(=O)CC2)C1. The molecule has 1 heterocycles.